The van der Waals surface area contributed by atoms with Crippen LogP contribution in [0.15, 0.2) is 30.4 Å². The molecule has 7 atom stereocenters. The fourth-order valence-corrected chi connectivity index (χ4v) is 10.6. The topological polar surface area (TPSA) is 194 Å². The maximum Gasteiger partial charge on any atom is 0.408 e. The first-order chi connectivity index (χ1) is 29.1. The number of alkyl halides is 2. The highest BCUT2D eigenvalue weighted by Crippen LogP contribution is 2.48. The number of amides is 4. The van der Waals surface area contributed by atoms with Crippen LogP contribution in [-0.2, 0) is 30.8 Å². The van der Waals surface area contributed by atoms with Crippen LogP contribution in [-0.4, -0.2) is 112 Å². The summed E-state index contributed by atoms with van der Waals surface area (Å²) in [6.45, 7) is 8.20. The third-order valence-electron chi connectivity index (χ3n) is 14.1. The van der Waals surface area contributed by atoms with E-state index in [-0.39, 0.29) is 37.6 Å². The van der Waals surface area contributed by atoms with Crippen molar-refractivity contribution in [2.45, 2.75) is 146 Å². The van der Waals surface area contributed by atoms with Gasteiger partial charge in [0.25, 0.3) is 11.8 Å². The maximum absolute atomic E-state index is 15.6. The third-order valence-corrected chi connectivity index (χ3v) is 16.2. The number of benzene rings is 1. The zero-order valence-electron chi connectivity index (χ0n) is 36.5. The van der Waals surface area contributed by atoms with E-state index in [1.165, 1.54) is 4.90 Å². The van der Waals surface area contributed by atoms with Crippen molar-refractivity contribution in [1.82, 2.24) is 24.8 Å². The number of halogens is 2. The monoisotopic (exact) mass is 887 g/mol. The van der Waals surface area contributed by atoms with Gasteiger partial charge in [-0.3, -0.25) is 24.0 Å². The van der Waals surface area contributed by atoms with E-state index in [2.05, 4.69) is 10.0 Å². The molecule has 3 N–H and O–H groups in total. The van der Waals surface area contributed by atoms with E-state index in [1.807, 2.05) is 19.1 Å². The van der Waals surface area contributed by atoms with Gasteiger partial charge in [0.2, 0.25) is 33.6 Å². The van der Waals surface area contributed by atoms with Gasteiger partial charge < -0.3 is 29.5 Å². The lowest BCUT2D eigenvalue weighted by atomic mass is 9.81. The molecule has 62 heavy (non-hydrogen) atoms. The molecular formula is C44H59F2N5O10S. The zero-order valence-corrected chi connectivity index (χ0v) is 37.3. The van der Waals surface area contributed by atoms with Crippen molar-refractivity contribution in [3.63, 3.8) is 0 Å². The highest BCUT2D eigenvalue weighted by molar-refractivity contribution is 7.91. The van der Waals surface area contributed by atoms with Gasteiger partial charge in [0.05, 0.1) is 25.0 Å². The Morgan fingerprint density at radius 2 is 1.89 bits per heavy atom. The van der Waals surface area contributed by atoms with Gasteiger partial charge in [0.15, 0.2) is 0 Å². The van der Waals surface area contributed by atoms with E-state index < -0.39 is 85.6 Å². The van der Waals surface area contributed by atoms with Crippen molar-refractivity contribution in [2.75, 3.05) is 20.3 Å². The lowest BCUT2D eigenvalue weighted by Gasteiger charge is -2.47. The number of carboxylic acid groups (broad SMARTS) is 1. The van der Waals surface area contributed by atoms with Gasteiger partial charge in [-0.1, -0.05) is 32.4 Å². The lowest BCUT2D eigenvalue weighted by molar-refractivity contribution is -0.157. The van der Waals surface area contributed by atoms with Crippen molar-refractivity contribution in [1.29, 1.82) is 0 Å². The molecule has 7 rings (SSSR count). The SMILES string of the molecule is CC[C@@H]1C[C@@H](C)CCC=C[C@@H]2C[C@@]2(C(=O)NS(=O)(=O)C2(C)CC2)NC(=O)[C@@H]2C[C@@H](Oc3nc4c(c5cc(OC)ccc35)CCCO4)CN2C(=O)[C@H]1N(C(=O)O)C(C)(C)C(C)(F)F. The molecule has 3 fully saturated rings. The molecule has 1 aromatic heterocycles. The maximum atomic E-state index is 15.6. The lowest BCUT2D eigenvalue weighted by Crippen LogP contribution is -2.67. The highest BCUT2D eigenvalue weighted by Gasteiger charge is 2.63. The van der Waals surface area contributed by atoms with Crippen LogP contribution in [0.1, 0.15) is 105 Å². The molecule has 0 unspecified atom stereocenters. The van der Waals surface area contributed by atoms with E-state index in [4.69, 9.17) is 19.2 Å². The molecule has 5 aliphatic rings. The predicted molar refractivity (Wildman–Crippen MR) is 225 cm³/mol. The molecule has 1 aromatic carbocycles. The van der Waals surface area contributed by atoms with E-state index in [0.717, 1.165) is 31.2 Å². The number of fused-ring (bicyclic) bond motifs is 5. The number of rotatable bonds is 10. The first-order valence-electron chi connectivity index (χ1n) is 21.6. The molecule has 2 saturated carbocycles. The minimum absolute atomic E-state index is 0.0883. The number of allylic oxidation sites excluding steroid dienone is 1. The number of carbonyl (C=O) groups excluding carboxylic acids is 3. The second-order valence-electron chi connectivity index (χ2n) is 18.8. The fourth-order valence-electron chi connectivity index (χ4n) is 9.29. The summed E-state index contributed by atoms with van der Waals surface area (Å²) in [5.74, 6) is -6.48. The Balaban J connectivity index is 1.32. The van der Waals surface area contributed by atoms with Gasteiger partial charge in [-0.2, -0.15) is 4.98 Å². The molecule has 0 radical (unpaired) electrons. The highest BCUT2D eigenvalue weighted by atomic mass is 32.2. The molecule has 1 saturated heterocycles. The number of nitrogens with zero attached hydrogens (tertiary/aromatic N) is 3. The van der Waals surface area contributed by atoms with Crippen molar-refractivity contribution in [3.05, 3.63) is 35.9 Å². The Morgan fingerprint density at radius 1 is 1.16 bits per heavy atom. The van der Waals surface area contributed by atoms with Crippen LogP contribution in [0.3, 0.4) is 0 Å². The molecular weight excluding hydrogens is 829 g/mol. The predicted octanol–water partition coefficient (Wildman–Crippen LogP) is 5.97. The Labute approximate surface area is 361 Å². The van der Waals surface area contributed by atoms with Crippen LogP contribution in [0.25, 0.3) is 10.8 Å². The minimum Gasteiger partial charge on any atom is -0.497 e. The number of pyridine rings is 1. The fraction of sp³-hybridized carbons (Fsp3) is 0.659. The van der Waals surface area contributed by atoms with Crippen LogP contribution in [0.2, 0.25) is 0 Å². The smallest absolute Gasteiger partial charge is 0.408 e. The summed E-state index contributed by atoms with van der Waals surface area (Å²) in [6, 6.07) is 2.33. The van der Waals surface area contributed by atoms with E-state index in [0.29, 0.717) is 74.0 Å². The average Bonchev–Trinajstić information content (AvgIpc) is 4.09. The molecule has 18 heteroatoms. The number of hydrogen-bond acceptors (Lipinski definition) is 10. The molecule has 2 aliphatic carbocycles. The number of ether oxygens (including phenoxy) is 3. The summed E-state index contributed by atoms with van der Waals surface area (Å²) >= 11 is 0. The van der Waals surface area contributed by atoms with Gasteiger partial charge in [-0.15, -0.1) is 0 Å². The number of hydrogen-bond donors (Lipinski definition) is 3. The summed E-state index contributed by atoms with van der Waals surface area (Å²) in [4.78, 5) is 64.1. The zero-order chi connectivity index (χ0) is 45.2. The summed E-state index contributed by atoms with van der Waals surface area (Å²) in [5, 5.41) is 15.0. The van der Waals surface area contributed by atoms with Gasteiger partial charge in [-0.25, -0.2) is 22.0 Å². The number of nitrogens with one attached hydrogen (secondary N) is 2. The molecule has 15 nitrogen and oxygen atoms in total. The molecule has 4 amide bonds. The summed E-state index contributed by atoms with van der Waals surface area (Å²) < 4.78 is 76.9. The third kappa shape index (κ3) is 8.27. The van der Waals surface area contributed by atoms with Crippen LogP contribution >= 0.6 is 0 Å². The Kier molecular flexibility index (Phi) is 12.0. The van der Waals surface area contributed by atoms with Gasteiger partial charge in [-0.05, 0) is 108 Å². The van der Waals surface area contributed by atoms with Crippen LogP contribution < -0.4 is 24.2 Å². The number of carbonyl (C=O) groups is 4. The van der Waals surface area contributed by atoms with E-state index in [1.54, 1.807) is 39.2 Å². The first-order valence-corrected chi connectivity index (χ1v) is 23.1. The molecule has 2 aromatic rings. The van der Waals surface area contributed by atoms with Gasteiger partial charge in [0.1, 0.15) is 35.0 Å². The van der Waals surface area contributed by atoms with E-state index in [9.17, 15) is 27.9 Å². The summed E-state index contributed by atoms with van der Waals surface area (Å²) in [6.07, 6.45) is 4.79. The van der Waals surface area contributed by atoms with Crippen molar-refractivity contribution in [3.8, 4) is 17.5 Å². The number of sulfonamides is 1. The molecule has 4 heterocycles. The quantitative estimate of drug-likeness (QED) is 0.238. The van der Waals surface area contributed by atoms with Crippen LogP contribution in [0, 0.1) is 17.8 Å². The van der Waals surface area contributed by atoms with Gasteiger partial charge >= 0.3 is 6.09 Å². The summed E-state index contributed by atoms with van der Waals surface area (Å²) in [7, 11) is -2.55. The van der Waals surface area contributed by atoms with Crippen LogP contribution in [0.5, 0.6) is 17.5 Å². The average molecular weight is 888 g/mol. The van der Waals surface area contributed by atoms with Crippen LogP contribution in [0.4, 0.5) is 13.6 Å². The molecule has 3 aliphatic heterocycles. The van der Waals surface area contributed by atoms with Crippen molar-refractivity contribution in [2.24, 2.45) is 17.8 Å². The Morgan fingerprint density at radius 3 is 2.53 bits per heavy atom. The summed E-state index contributed by atoms with van der Waals surface area (Å²) in [5.41, 5.74) is -3.19. The first kappa shape index (κ1) is 45.3. The second-order valence-corrected chi connectivity index (χ2v) is 21.0. The standard InChI is InChI=1S/C44H59F2N5O10S/c1-8-26-20-25(2)12-9-10-13-27-23-44(27,39(54)49-62(57,58)42(5)17-18-42)48-35(52)33-22-29(24-50(33)38(53)34(26)51(40(55)56)41(3,4)43(6,45)46)61-37-31-16-15-28(59-7)21-32(31)30-14-11-19-60-36(30)47-37/h10,13,15-16,21,25-27,29,33-34H,8-9,11-12,14,17-20,22-24H2,1-7H3,(H,48,52)(H,49,54)(H,55,56)/t25-,26+,27+,29+,33-,34-,44+/m0/s1. The largest absolute Gasteiger partial charge is 0.497 e. The number of methoxy groups -OCH3 is 1. The Hall–Kier alpha value is -4.74. The molecule has 0 bridgehead atoms. The van der Waals surface area contributed by atoms with Crippen molar-refractivity contribution >= 4 is 44.6 Å². The molecule has 0 spiro atoms. The molecule has 340 valence electrons. The Bertz CT molecular complexity index is 2260. The second kappa shape index (κ2) is 16.4. The number of aromatic nitrogens is 1. The van der Waals surface area contributed by atoms with Crippen molar-refractivity contribution < 1.29 is 55.7 Å². The number of aryl methyl sites for hydroxylation is 1. The van der Waals surface area contributed by atoms with Gasteiger partial charge in [0, 0.05) is 30.2 Å². The van der Waals surface area contributed by atoms with E-state index >= 15 is 13.6 Å². The minimum atomic E-state index is -4.10. The normalized spacial score (nSPS) is 28.8.